The molecule has 1 nitrogen and oxygen atoms in total. The molecule has 0 aliphatic rings. The number of benzene rings is 1. The van der Waals surface area contributed by atoms with E-state index in [9.17, 15) is 0 Å². The molecule has 15 heavy (non-hydrogen) atoms. The molecule has 0 spiro atoms. The fourth-order valence-electron chi connectivity index (χ4n) is 0.945. The second-order valence-corrected chi connectivity index (χ2v) is 2.72. The van der Waals surface area contributed by atoms with Crippen molar-refractivity contribution in [2.75, 3.05) is 0 Å². The average molecular weight is 202 g/mol. The summed E-state index contributed by atoms with van der Waals surface area (Å²) in [6, 6.07) is 9.77. The number of aliphatic hydroxyl groups excluding tert-OH is 1. The van der Waals surface area contributed by atoms with E-state index in [1.807, 2.05) is 44.2 Å². The van der Waals surface area contributed by atoms with Gasteiger partial charge in [-0.05, 0) is 17.2 Å². The SMILES string of the molecule is C=C(O)/C=C\C(=C)c1ccccc1.CC. The predicted molar refractivity (Wildman–Crippen MR) is 67.7 cm³/mol. The van der Waals surface area contributed by atoms with E-state index in [4.69, 9.17) is 5.11 Å². The van der Waals surface area contributed by atoms with Crippen LogP contribution in [-0.4, -0.2) is 5.11 Å². The molecule has 0 unspecified atom stereocenters. The number of aliphatic hydroxyl groups is 1. The molecular formula is C14H18O. The van der Waals surface area contributed by atoms with Crippen molar-refractivity contribution in [2.45, 2.75) is 13.8 Å². The highest BCUT2D eigenvalue weighted by Crippen LogP contribution is 2.12. The summed E-state index contributed by atoms with van der Waals surface area (Å²) in [4.78, 5) is 0. The largest absolute Gasteiger partial charge is 0.509 e. The zero-order valence-corrected chi connectivity index (χ0v) is 9.40. The van der Waals surface area contributed by atoms with Crippen LogP contribution in [0.1, 0.15) is 19.4 Å². The van der Waals surface area contributed by atoms with Gasteiger partial charge in [0, 0.05) is 0 Å². The number of hydrogen-bond donors (Lipinski definition) is 1. The molecule has 0 saturated heterocycles. The minimum absolute atomic E-state index is 0.0390. The van der Waals surface area contributed by atoms with Crippen molar-refractivity contribution >= 4 is 5.57 Å². The molecule has 0 aliphatic carbocycles. The van der Waals surface area contributed by atoms with Crippen LogP contribution < -0.4 is 0 Å². The average Bonchev–Trinajstić information content (AvgIpc) is 2.30. The van der Waals surface area contributed by atoms with E-state index in [1.54, 1.807) is 6.08 Å². The van der Waals surface area contributed by atoms with Crippen LogP contribution in [0.3, 0.4) is 0 Å². The lowest BCUT2D eigenvalue weighted by atomic mass is 10.1. The Bertz CT molecular complexity index is 334. The van der Waals surface area contributed by atoms with Crippen molar-refractivity contribution in [3.8, 4) is 0 Å². The van der Waals surface area contributed by atoms with E-state index in [2.05, 4.69) is 13.2 Å². The summed E-state index contributed by atoms with van der Waals surface area (Å²) in [6.45, 7) is 11.2. The number of hydrogen-bond acceptors (Lipinski definition) is 1. The van der Waals surface area contributed by atoms with Crippen molar-refractivity contribution in [1.82, 2.24) is 0 Å². The van der Waals surface area contributed by atoms with Crippen molar-refractivity contribution < 1.29 is 5.11 Å². The molecule has 0 aliphatic heterocycles. The Balaban J connectivity index is 0.000000921. The summed E-state index contributed by atoms with van der Waals surface area (Å²) in [5, 5.41) is 8.83. The Morgan fingerprint density at radius 2 is 1.60 bits per heavy atom. The number of rotatable bonds is 3. The van der Waals surface area contributed by atoms with Gasteiger partial charge in [0.2, 0.25) is 0 Å². The van der Waals surface area contributed by atoms with Crippen LogP contribution in [0.5, 0.6) is 0 Å². The first-order chi connectivity index (χ1) is 7.20. The van der Waals surface area contributed by atoms with E-state index in [0.29, 0.717) is 0 Å². The summed E-state index contributed by atoms with van der Waals surface area (Å²) < 4.78 is 0. The molecule has 1 aromatic carbocycles. The maximum absolute atomic E-state index is 8.83. The molecule has 0 atom stereocenters. The van der Waals surface area contributed by atoms with E-state index in [-0.39, 0.29) is 5.76 Å². The Kier molecular flexibility index (Phi) is 6.73. The molecular weight excluding hydrogens is 184 g/mol. The molecule has 1 N–H and O–H groups in total. The Hall–Kier alpha value is -1.76. The lowest BCUT2D eigenvalue weighted by molar-refractivity contribution is 0.435. The highest BCUT2D eigenvalue weighted by Gasteiger charge is 1.91. The fraction of sp³-hybridized carbons (Fsp3) is 0.143. The van der Waals surface area contributed by atoms with Crippen molar-refractivity contribution in [2.24, 2.45) is 0 Å². The topological polar surface area (TPSA) is 20.2 Å². The van der Waals surface area contributed by atoms with Gasteiger partial charge < -0.3 is 5.11 Å². The lowest BCUT2D eigenvalue weighted by Gasteiger charge is -1.98. The van der Waals surface area contributed by atoms with E-state index >= 15 is 0 Å². The van der Waals surface area contributed by atoms with Gasteiger partial charge in [-0.15, -0.1) is 0 Å². The standard InChI is InChI=1S/C12H12O.C2H6/c1-10(8-9-11(2)13)12-6-4-3-5-7-12;1-2/h3-9,13H,1-2H2;1-2H3/b9-8-;. The third kappa shape index (κ3) is 5.53. The van der Waals surface area contributed by atoms with Gasteiger partial charge in [-0.1, -0.05) is 63.4 Å². The van der Waals surface area contributed by atoms with Gasteiger partial charge in [-0.2, -0.15) is 0 Å². The van der Waals surface area contributed by atoms with Crippen LogP contribution in [0.4, 0.5) is 0 Å². The van der Waals surface area contributed by atoms with E-state index < -0.39 is 0 Å². The summed E-state index contributed by atoms with van der Waals surface area (Å²) in [7, 11) is 0. The minimum atomic E-state index is 0.0390. The lowest BCUT2D eigenvalue weighted by Crippen LogP contribution is -1.77. The molecule has 1 aromatic rings. The first-order valence-corrected chi connectivity index (χ1v) is 5.00. The van der Waals surface area contributed by atoms with Crippen LogP contribution >= 0.6 is 0 Å². The molecule has 1 rings (SSSR count). The van der Waals surface area contributed by atoms with Crippen LogP contribution in [0.2, 0.25) is 0 Å². The summed E-state index contributed by atoms with van der Waals surface area (Å²) in [5.74, 6) is 0.0390. The molecule has 0 fully saturated rings. The smallest absolute Gasteiger partial charge is 0.108 e. The summed E-state index contributed by atoms with van der Waals surface area (Å²) in [6.07, 6.45) is 3.26. The van der Waals surface area contributed by atoms with Crippen molar-refractivity contribution in [1.29, 1.82) is 0 Å². The van der Waals surface area contributed by atoms with Gasteiger partial charge in [0.05, 0.1) is 0 Å². The first-order valence-electron chi connectivity index (χ1n) is 5.00. The normalized spacial score (nSPS) is 9.20. The van der Waals surface area contributed by atoms with E-state index in [0.717, 1.165) is 11.1 Å². The minimum Gasteiger partial charge on any atom is -0.509 e. The molecule has 0 aromatic heterocycles. The predicted octanol–water partition coefficient (Wildman–Crippen LogP) is 4.35. The monoisotopic (exact) mass is 202 g/mol. The third-order valence-electron chi connectivity index (χ3n) is 1.62. The highest BCUT2D eigenvalue weighted by atomic mass is 16.3. The second-order valence-electron chi connectivity index (χ2n) is 2.72. The quantitative estimate of drug-likeness (QED) is 0.570. The third-order valence-corrected chi connectivity index (χ3v) is 1.62. The summed E-state index contributed by atoms with van der Waals surface area (Å²) >= 11 is 0. The van der Waals surface area contributed by atoms with Crippen molar-refractivity contribution in [3.05, 3.63) is 67.0 Å². The molecule has 1 heteroatoms. The Morgan fingerprint density at radius 3 is 2.07 bits per heavy atom. The van der Waals surface area contributed by atoms with Gasteiger partial charge in [-0.3, -0.25) is 0 Å². The van der Waals surface area contributed by atoms with Crippen LogP contribution in [0, 0.1) is 0 Å². The Morgan fingerprint density at radius 1 is 1.07 bits per heavy atom. The molecule has 80 valence electrons. The van der Waals surface area contributed by atoms with Gasteiger partial charge >= 0.3 is 0 Å². The first kappa shape index (κ1) is 13.2. The van der Waals surface area contributed by atoms with E-state index in [1.165, 1.54) is 6.08 Å². The summed E-state index contributed by atoms with van der Waals surface area (Å²) in [5.41, 5.74) is 1.90. The van der Waals surface area contributed by atoms with Crippen molar-refractivity contribution in [3.63, 3.8) is 0 Å². The van der Waals surface area contributed by atoms with Crippen LogP contribution in [0.25, 0.3) is 5.57 Å². The van der Waals surface area contributed by atoms with Crippen LogP contribution in [-0.2, 0) is 0 Å². The maximum atomic E-state index is 8.83. The zero-order chi connectivity index (χ0) is 11.7. The number of allylic oxidation sites excluding steroid dienone is 3. The van der Waals surface area contributed by atoms with Gasteiger partial charge in [0.15, 0.2) is 0 Å². The maximum Gasteiger partial charge on any atom is 0.108 e. The molecule has 0 saturated carbocycles. The van der Waals surface area contributed by atoms with Crippen LogP contribution in [0.15, 0.2) is 61.4 Å². The van der Waals surface area contributed by atoms with Gasteiger partial charge in [0.1, 0.15) is 5.76 Å². The highest BCUT2D eigenvalue weighted by molar-refractivity contribution is 5.72. The van der Waals surface area contributed by atoms with Gasteiger partial charge in [-0.25, -0.2) is 0 Å². The second kappa shape index (κ2) is 7.63. The zero-order valence-electron chi connectivity index (χ0n) is 9.40. The molecule has 0 bridgehead atoms. The fourth-order valence-corrected chi connectivity index (χ4v) is 0.945. The molecule has 0 radical (unpaired) electrons. The molecule has 0 heterocycles. The van der Waals surface area contributed by atoms with Gasteiger partial charge in [0.25, 0.3) is 0 Å². The molecule has 0 amide bonds. The Labute approximate surface area is 92.1 Å².